The number of benzene rings is 5. The molecule has 15 N–H and O–H groups in total. The number of carbonyl (C=O) groups is 8. The van der Waals surface area contributed by atoms with Gasteiger partial charge in [-0.3, -0.25) is 38.5 Å². The van der Waals surface area contributed by atoms with Crippen molar-refractivity contribution in [1.82, 2.24) is 36.8 Å². The average Bonchev–Trinajstić information content (AvgIpc) is 0.765. The predicted octanol–water partition coefficient (Wildman–Crippen LogP) is 3.98. The maximum absolute atomic E-state index is 16.3. The monoisotopic (exact) mass is 1410 g/mol. The number of nitrogens with one attached hydrogen (secondary N) is 6. The molecule has 16 unspecified atom stereocenters. The molecule has 7 aliphatic rings. The summed E-state index contributed by atoms with van der Waals surface area (Å²) in [5.74, 6) is -10.2. The highest BCUT2D eigenvalue weighted by Crippen LogP contribution is 2.49. The highest BCUT2D eigenvalue weighted by molar-refractivity contribution is 6.00. The fourth-order valence-corrected chi connectivity index (χ4v) is 13.7. The molecule has 12 rings (SSSR count). The number of amides is 7. The van der Waals surface area contributed by atoms with Crippen molar-refractivity contribution in [2.75, 3.05) is 20.7 Å². The number of rotatable bonds is 14. The van der Waals surface area contributed by atoms with Crippen LogP contribution in [-0.2, 0) is 52.6 Å². The van der Waals surface area contributed by atoms with Crippen LogP contribution in [0.2, 0.25) is 0 Å². The summed E-state index contributed by atoms with van der Waals surface area (Å²) in [7, 11) is 3.31. The molecule has 0 radical (unpaired) electrons. The molecule has 2 fully saturated rings. The number of aliphatic hydroxyl groups is 4. The zero-order valence-corrected chi connectivity index (χ0v) is 58.4. The lowest BCUT2D eigenvalue weighted by Crippen LogP contribution is -2.59. The lowest BCUT2D eigenvalue weighted by molar-refractivity contribution is -0.268. The van der Waals surface area contributed by atoms with Gasteiger partial charge in [-0.05, 0) is 160 Å². The van der Waals surface area contributed by atoms with E-state index in [4.69, 9.17) is 34.2 Å². The van der Waals surface area contributed by atoms with Crippen molar-refractivity contribution in [3.05, 3.63) is 117 Å². The molecule has 11 bridgehead atoms. The first kappa shape index (κ1) is 75.2. The lowest BCUT2D eigenvalue weighted by atomic mass is 9.78. The van der Waals surface area contributed by atoms with E-state index in [0.717, 1.165) is 12.1 Å². The van der Waals surface area contributed by atoms with E-state index in [1.165, 1.54) is 61.5 Å². The van der Waals surface area contributed by atoms with Crippen LogP contribution in [0.4, 0.5) is 0 Å². The molecule has 5 aromatic carbocycles. The molecule has 7 heterocycles. The normalized spacial score (nSPS) is 27.7. The van der Waals surface area contributed by atoms with E-state index >= 15 is 19.2 Å². The first-order valence-corrected chi connectivity index (χ1v) is 33.8. The number of primary amides is 1. The van der Waals surface area contributed by atoms with Gasteiger partial charge in [0.1, 0.15) is 96.2 Å². The number of aryl methyl sites for hydroxylation is 2. The molecule has 0 aliphatic carbocycles. The van der Waals surface area contributed by atoms with E-state index in [1.807, 2.05) is 13.8 Å². The fraction of sp³-hybridized carbons (Fsp3) is 0.479. The van der Waals surface area contributed by atoms with Gasteiger partial charge in [0.25, 0.3) is 0 Å². The van der Waals surface area contributed by atoms with Crippen molar-refractivity contribution < 1.29 is 103 Å². The standard InChI is InChI=1S/C73H90N8O21/c1-12-49-63(89)48(85)25-40(99-49)30-97-65-52-23-39-24-53(65)101-51-18-15-38(21-33(51)5)64(102-55-28-73(8,9)66(90)35(7)98-55)60-72(96)76-44(29-82)41-26-47(84)34(6)61(87)56(41)42-22-36(13-16-46(42)83)57(69(93)80-60)78-70(94)58(39)77-67(91)43(27-54(74)86)75-71(95)59(79-68(92)45(81(10)11)19-31(2)3)62(88)37-14-17-50(100-52)32(4)20-37/h13-18,20-24,26,29,31,35,40,43-45,48-49,55,57-60,62-64,66,83-85,87-90H,12,19,25,27-28,30H2,1-11H3,(H2,74,86)(H,75,95)(H,76,96)(H,77,91)(H,78,94)(H,79,92)(H,80,93). The number of aldehydes is 1. The molecular weight excluding hydrogens is 1320 g/mol. The lowest BCUT2D eigenvalue weighted by Gasteiger charge is -2.44. The second kappa shape index (κ2) is 30.6. The Morgan fingerprint density at radius 3 is 1.97 bits per heavy atom. The predicted molar refractivity (Wildman–Crippen MR) is 364 cm³/mol. The van der Waals surface area contributed by atoms with Gasteiger partial charge in [0.2, 0.25) is 47.1 Å². The number of phenolic OH excluding ortho intramolecular Hbond substituents is 3. The molecule has 5 aromatic rings. The summed E-state index contributed by atoms with van der Waals surface area (Å²) in [5, 5.41) is 96.6. The highest BCUT2D eigenvalue weighted by atomic mass is 16.7. The zero-order valence-electron chi connectivity index (χ0n) is 58.4. The van der Waals surface area contributed by atoms with Crippen LogP contribution in [0.25, 0.3) is 11.1 Å². The number of ether oxygens (including phenoxy) is 6. The number of likely N-dealkylation sites (N-methyl/N-ethyl adjacent to an activating group) is 1. The Bertz CT molecular complexity index is 4070. The number of phenols is 3. The SMILES string of the molecule is CCC1OC(COc2c3cc4cc2Oc2ccc(cc2C)C(OC2CC(C)(C)C(O)C(C)O2)C2NC(=O)C(NC(=O)C4NC(=O)C(CC(N)=O)NC(=O)C(NC(=O)C(CC(C)C)N(C)C)C(O)c4ccc(c(C)c4)O3)c3ccc(O)c(c3)-c3c(cc(O)c(C)c3O)C(C=O)NC2=O)CC(O)C1O. The number of nitrogens with zero attached hydrogens (tertiary/aromatic N) is 1. The third kappa shape index (κ3) is 15.9. The third-order valence-corrected chi connectivity index (χ3v) is 19.4. The van der Waals surface area contributed by atoms with Crippen LogP contribution in [0.5, 0.6) is 46.0 Å². The molecule has 102 heavy (non-hydrogen) atoms. The smallest absolute Gasteiger partial charge is 0.248 e. The molecule has 0 spiro atoms. The van der Waals surface area contributed by atoms with E-state index in [0.29, 0.717) is 30.3 Å². The van der Waals surface area contributed by atoms with Gasteiger partial charge in [-0.15, -0.1) is 0 Å². The molecule has 548 valence electrons. The largest absolute Gasteiger partial charge is 0.508 e. The Labute approximate surface area is 588 Å². The minimum absolute atomic E-state index is 0.0121. The summed E-state index contributed by atoms with van der Waals surface area (Å²) >= 11 is 0. The summed E-state index contributed by atoms with van der Waals surface area (Å²) in [6, 6.07) is 3.50. The van der Waals surface area contributed by atoms with Crippen LogP contribution in [0.3, 0.4) is 0 Å². The van der Waals surface area contributed by atoms with E-state index in [-0.39, 0.29) is 98.6 Å². The number of carbonyl (C=O) groups excluding carboxylic acids is 8. The molecule has 2 saturated heterocycles. The number of aromatic hydroxyl groups is 3. The zero-order chi connectivity index (χ0) is 74.2. The van der Waals surface area contributed by atoms with Crippen molar-refractivity contribution in [3.8, 4) is 57.1 Å². The number of nitrogens with two attached hydrogens (primary N) is 1. The van der Waals surface area contributed by atoms with Gasteiger partial charge < -0.3 is 107 Å². The van der Waals surface area contributed by atoms with Crippen molar-refractivity contribution in [1.29, 1.82) is 0 Å². The first-order chi connectivity index (χ1) is 48.2. The van der Waals surface area contributed by atoms with Crippen LogP contribution in [0.15, 0.2) is 72.8 Å². The van der Waals surface area contributed by atoms with Gasteiger partial charge in [-0.1, -0.05) is 52.8 Å². The quantitative estimate of drug-likeness (QED) is 0.0699. The van der Waals surface area contributed by atoms with Crippen LogP contribution in [0, 0.1) is 32.1 Å². The maximum Gasteiger partial charge on any atom is 0.248 e. The van der Waals surface area contributed by atoms with E-state index in [2.05, 4.69) is 31.9 Å². The molecule has 0 aromatic heterocycles. The van der Waals surface area contributed by atoms with Crippen molar-refractivity contribution in [2.45, 2.75) is 192 Å². The molecule has 7 amide bonds. The Balaban J connectivity index is 1.24. The minimum atomic E-state index is -2.13. The second-order valence-corrected chi connectivity index (χ2v) is 28.2. The topological polar surface area (TPSA) is 435 Å². The third-order valence-electron chi connectivity index (χ3n) is 19.4. The van der Waals surface area contributed by atoms with Crippen LogP contribution in [0.1, 0.15) is 148 Å². The summed E-state index contributed by atoms with van der Waals surface area (Å²) in [6.45, 7) is 15.0. The van der Waals surface area contributed by atoms with Gasteiger partial charge in [0, 0.05) is 29.5 Å². The average molecular weight is 1420 g/mol. The Hall–Kier alpha value is -9.46. The minimum Gasteiger partial charge on any atom is -0.508 e. The summed E-state index contributed by atoms with van der Waals surface area (Å²) < 4.78 is 39.9. The van der Waals surface area contributed by atoms with Crippen LogP contribution >= 0.6 is 0 Å². The molecule has 0 saturated carbocycles. The van der Waals surface area contributed by atoms with Gasteiger partial charge in [0.05, 0.1) is 43.0 Å². The Morgan fingerprint density at radius 2 is 1.36 bits per heavy atom. The number of hydrogen-bond acceptors (Lipinski definition) is 22. The number of hydrogen-bond donors (Lipinski definition) is 14. The van der Waals surface area contributed by atoms with Crippen LogP contribution < -0.4 is 51.8 Å². The molecule has 16 atom stereocenters. The van der Waals surface area contributed by atoms with Gasteiger partial charge in [0.15, 0.2) is 17.8 Å². The van der Waals surface area contributed by atoms with Crippen LogP contribution in [-0.4, -0.2) is 176 Å². The second-order valence-electron chi connectivity index (χ2n) is 28.2. The van der Waals surface area contributed by atoms with Crippen molar-refractivity contribution in [3.63, 3.8) is 0 Å². The van der Waals surface area contributed by atoms with E-state index < -0.39 is 168 Å². The number of fused-ring (bicyclic) bond motifs is 15. The molecule has 29 heteroatoms. The number of aliphatic hydroxyl groups excluding tert-OH is 4. The maximum atomic E-state index is 16.3. The van der Waals surface area contributed by atoms with Crippen molar-refractivity contribution >= 4 is 47.6 Å². The van der Waals surface area contributed by atoms with E-state index in [1.54, 1.807) is 66.6 Å². The summed E-state index contributed by atoms with van der Waals surface area (Å²) in [6.07, 6.45) is -10.9. The summed E-state index contributed by atoms with van der Waals surface area (Å²) in [4.78, 5) is 121. The Morgan fingerprint density at radius 1 is 0.745 bits per heavy atom. The van der Waals surface area contributed by atoms with Gasteiger partial charge >= 0.3 is 0 Å². The van der Waals surface area contributed by atoms with Gasteiger partial charge in [-0.2, -0.15) is 0 Å². The first-order valence-electron chi connectivity index (χ1n) is 33.8. The van der Waals surface area contributed by atoms with E-state index in [9.17, 15) is 54.9 Å². The highest BCUT2D eigenvalue weighted by Gasteiger charge is 2.47. The molecule has 7 aliphatic heterocycles. The Kier molecular flexibility index (Phi) is 22.6. The van der Waals surface area contributed by atoms with Crippen molar-refractivity contribution in [2.24, 2.45) is 17.1 Å². The summed E-state index contributed by atoms with van der Waals surface area (Å²) in [5.41, 5.74) is 4.43. The fourth-order valence-electron chi connectivity index (χ4n) is 13.7. The van der Waals surface area contributed by atoms with Gasteiger partial charge in [-0.25, -0.2) is 0 Å². The molecule has 29 nitrogen and oxygen atoms in total. The molecular formula is C73H90N8O21.